The summed E-state index contributed by atoms with van der Waals surface area (Å²) < 4.78 is 5.38. The van der Waals surface area contributed by atoms with Gasteiger partial charge in [0.2, 0.25) is 0 Å². The molecular formula is C16H25N5O2. The molecule has 7 nitrogen and oxygen atoms in total. The number of aryl methyl sites for hydroxylation is 2. The number of nitrogens with one attached hydrogen (secondary N) is 1. The summed E-state index contributed by atoms with van der Waals surface area (Å²) in [7, 11) is 0. The first-order valence-electron chi connectivity index (χ1n) is 8.29. The summed E-state index contributed by atoms with van der Waals surface area (Å²) in [5.74, 6) is 1.07. The molecule has 2 aliphatic heterocycles. The van der Waals surface area contributed by atoms with Gasteiger partial charge < -0.3 is 9.64 Å². The molecule has 1 atom stereocenters. The Balaban J connectivity index is 1.49. The lowest BCUT2D eigenvalue weighted by atomic mass is 10.1. The van der Waals surface area contributed by atoms with Crippen molar-refractivity contribution in [2.45, 2.75) is 20.3 Å². The average molecular weight is 319 g/mol. The van der Waals surface area contributed by atoms with Crippen molar-refractivity contribution in [3.8, 4) is 0 Å². The van der Waals surface area contributed by atoms with Crippen LogP contribution in [0.5, 0.6) is 0 Å². The first-order valence-corrected chi connectivity index (χ1v) is 8.29. The van der Waals surface area contributed by atoms with E-state index < -0.39 is 0 Å². The normalized spacial score (nSPS) is 22.3. The number of anilines is 1. The van der Waals surface area contributed by atoms with Gasteiger partial charge in [-0.3, -0.25) is 10.2 Å². The van der Waals surface area contributed by atoms with E-state index in [0.717, 1.165) is 63.6 Å². The molecule has 2 amide bonds. The van der Waals surface area contributed by atoms with Crippen LogP contribution in [0.3, 0.4) is 0 Å². The van der Waals surface area contributed by atoms with Crippen LogP contribution in [0.2, 0.25) is 0 Å². The molecule has 1 aromatic heterocycles. The molecule has 1 N–H and O–H groups in total. The Kier molecular flexibility index (Phi) is 5.07. The lowest BCUT2D eigenvalue weighted by Crippen LogP contribution is -2.40. The molecule has 3 heterocycles. The number of hydrogen-bond acceptors (Lipinski definition) is 5. The minimum Gasteiger partial charge on any atom is -0.379 e. The van der Waals surface area contributed by atoms with Crippen molar-refractivity contribution < 1.29 is 9.53 Å². The van der Waals surface area contributed by atoms with Gasteiger partial charge >= 0.3 is 6.03 Å². The molecule has 7 heteroatoms. The van der Waals surface area contributed by atoms with E-state index in [9.17, 15) is 4.79 Å². The number of nitrogens with zero attached hydrogens (tertiary/aromatic N) is 4. The van der Waals surface area contributed by atoms with Gasteiger partial charge in [-0.05, 0) is 37.8 Å². The zero-order valence-corrected chi connectivity index (χ0v) is 13.9. The fourth-order valence-electron chi connectivity index (χ4n) is 3.11. The van der Waals surface area contributed by atoms with Gasteiger partial charge in [0.25, 0.3) is 0 Å². The van der Waals surface area contributed by atoms with Gasteiger partial charge in [0.1, 0.15) is 0 Å². The molecule has 2 saturated heterocycles. The largest absolute Gasteiger partial charge is 0.379 e. The predicted molar refractivity (Wildman–Crippen MR) is 87.5 cm³/mol. The van der Waals surface area contributed by atoms with Gasteiger partial charge in [-0.1, -0.05) is 0 Å². The fraction of sp³-hybridized carbons (Fsp3) is 0.688. The molecule has 0 saturated carbocycles. The molecule has 0 radical (unpaired) electrons. The molecule has 23 heavy (non-hydrogen) atoms. The highest BCUT2D eigenvalue weighted by molar-refractivity contribution is 5.88. The van der Waals surface area contributed by atoms with Crippen LogP contribution in [0.4, 0.5) is 10.6 Å². The molecule has 0 bridgehead atoms. The highest BCUT2D eigenvalue weighted by Gasteiger charge is 2.28. The maximum atomic E-state index is 12.4. The third-order valence-electron chi connectivity index (χ3n) is 4.66. The zero-order valence-electron chi connectivity index (χ0n) is 13.9. The van der Waals surface area contributed by atoms with Crippen LogP contribution in [0.25, 0.3) is 0 Å². The number of aromatic nitrogens is 2. The molecule has 0 unspecified atom stereocenters. The molecule has 2 fully saturated rings. The minimum atomic E-state index is -0.0768. The molecule has 2 aliphatic rings. The van der Waals surface area contributed by atoms with Gasteiger partial charge in [0.15, 0.2) is 5.82 Å². The Morgan fingerprint density at radius 2 is 2.09 bits per heavy atom. The van der Waals surface area contributed by atoms with Crippen LogP contribution < -0.4 is 5.32 Å². The second-order valence-corrected chi connectivity index (χ2v) is 6.44. The summed E-state index contributed by atoms with van der Waals surface area (Å²) in [6.45, 7) is 10.2. The number of likely N-dealkylation sites (tertiary alicyclic amines) is 1. The molecule has 1 aromatic rings. The highest BCUT2D eigenvalue weighted by Crippen LogP contribution is 2.19. The van der Waals surface area contributed by atoms with Crippen LogP contribution in [0.1, 0.15) is 17.7 Å². The summed E-state index contributed by atoms with van der Waals surface area (Å²) in [4.78, 5) is 16.7. The first kappa shape index (κ1) is 16.1. The zero-order chi connectivity index (χ0) is 16.2. The summed E-state index contributed by atoms with van der Waals surface area (Å²) >= 11 is 0. The quantitative estimate of drug-likeness (QED) is 0.909. The first-order chi connectivity index (χ1) is 11.1. The van der Waals surface area contributed by atoms with Gasteiger partial charge in [0.05, 0.1) is 18.9 Å². The maximum absolute atomic E-state index is 12.4. The SMILES string of the molecule is Cc1cc(NC(=O)N2CC[C@H](CN3CCOCC3)C2)nnc1C. The van der Waals surface area contributed by atoms with E-state index in [4.69, 9.17) is 4.74 Å². The highest BCUT2D eigenvalue weighted by atomic mass is 16.5. The van der Waals surface area contributed by atoms with Crippen molar-refractivity contribution >= 4 is 11.8 Å². The van der Waals surface area contributed by atoms with Gasteiger partial charge in [-0.2, -0.15) is 5.10 Å². The number of carbonyl (C=O) groups is 1. The molecular weight excluding hydrogens is 294 g/mol. The van der Waals surface area contributed by atoms with Crippen molar-refractivity contribution in [1.82, 2.24) is 20.0 Å². The van der Waals surface area contributed by atoms with Crippen LogP contribution in [-0.4, -0.2) is 72.0 Å². The van der Waals surface area contributed by atoms with Crippen molar-refractivity contribution in [3.63, 3.8) is 0 Å². The van der Waals surface area contributed by atoms with Crippen LogP contribution in [0.15, 0.2) is 6.07 Å². The van der Waals surface area contributed by atoms with E-state index in [1.54, 1.807) is 0 Å². The van der Waals surface area contributed by atoms with E-state index in [1.165, 1.54) is 0 Å². The number of rotatable bonds is 3. The van der Waals surface area contributed by atoms with E-state index in [1.807, 2.05) is 24.8 Å². The summed E-state index contributed by atoms with van der Waals surface area (Å²) in [6, 6.07) is 1.79. The maximum Gasteiger partial charge on any atom is 0.323 e. The van der Waals surface area contributed by atoms with Gasteiger partial charge in [0, 0.05) is 32.7 Å². The third kappa shape index (κ3) is 4.17. The second kappa shape index (κ2) is 7.23. The van der Waals surface area contributed by atoms with Crippen LogP contribution >= 0.6 is 0 Å². The average Bonchev–Trinajstić information content (AvgIpc) is 3.00. The van der Waals surface area contributed by atoms with E-state index in [2.05, 4.69) is 20.4 Å². The fourth-order valence-corrected chi connectivity index (χ4v) is 3.11. The van der Waals surface area contributed by atoms with E-state index >= 15 is 0 Å². The van der Waals surface area contributed by atoms with Crippen molar-refractivity contribution in [2.24, 2.45) is 5.92 Å². The van der Waals surface area contributed by atoms with Gasteiger partial charge in [-0.15, -0.1) is 5.10 Å². The number of ether oxygens (including phenoxy) is 1. The topological polar surface area (TPSA) is 70.6 Å². The molecule has 3 rings (SSSR count). The van der Waals surface area contributed by atoms with Gasteiger partial charge in [-0.25, -0.2) is 4.79 Å². The Hall–Kier alpha value is -1.73. The monoisotopic (exact) mass is 319 g/mol. The van der Waals surface area contributed by atoms with Crippen molar-refractivity contribution in [1.29, 1.82) is 0 Å². The summed E-state index contributed by atoms with van der Waals surface area (Å²) in [6.07, 6.45) is 1.06. The second-order valence-electron chi connectivity index (χ2n) is 6.44. The summed E-state index contributed by atoms with van der Waals surface area (Å²) in [5, 5.41) is 10.9. The Bertz CT molecular complexity index is 559. The van der Waals surface area contributed by atoms with Crippen molar-refractivity contribution in [2.75, 3.05) is 51.3 Å². The predicted octanol–water partition coefficient (Wildman–Crippen LogP) is 1.28. The summed E-state index contributed by atoms with van der Waals surface area (Å²) in [5.41, 5.74) is 1.91. The molecule has 0 aromatic carbocycles. The number of morpholine rings is 1. The van der Waals surface area contributed by atoms with Crippen molar-refractivity contribution in [3.05, 3.63) is 17.3 Å². The lowest BCUT2D eigenvalue weighted by molar-refractivity contribution is 0.0314. The lowest BCUT2D eigenvalue weighted by Gasteiger charge is -2.29. The number of hydrogen-bond donors (Lipinski definition) is 1. The number of carbonyl (C=O) groups excluding carboxylic acids is 1. The minimum absolute atomic E-state index is 0.0768. The number of urea groups is 1. The molecule has 0 spiro atoms. The molecule has 0 aliphatic carbocycles. The van der Waals surface area contributed by atoms with Crippen LogP contribution in [-0.2, 0) is 4.74 Å². The van der Waals surface area contributed by atoms with Crippen LogP contribution in [0, 0.1) is 19.8 Å². The van der Waals surface area contributed by atoms with E-state index in [-0.39, 0.29) is 6.03 Å². The molecule has 126 valence electrons. The Labute approximate surface area is 137 Å². The van der Waals surface area contributed by atoms with E-state index in [0.29, 0.717) is 11.7 Å². The Morgan fingerprint density at radius 1 is 1.30 bits per heavy atom. The third-order valence-corrected chi connectivity index (χ3v) is 4.66. The number of amides is 2. The standard InChI is InChI=1S/C16H25N5O2/c1-12-9-15(19-18-13(12)2)17-16(22)21-4-3-14(11-21)10-20-5-7-23-8-6-20/h9,14H,3-8,10-11H2,1-2H3,(H,17,19,22)/t14-/m1/s1. The Morgan fingerprint density at radius 3 is 2.83 bits per heavy atom. The smallest absolute Gasteiger partial charge is 0.323 e.